The maximum Gasteiger partial charge on any atom is 0.335 e. The molecule has 1 aliphatic rings. The number of nitrogens with one attached hydrogen (secondary N) is 1. The molecule has 1 amide bonds. The van der Waals surface area contributed by atoms with Gasteiger partial charge in [-0.15, -0.1) is 0 Å². The Labute approximate surface area is 284 Å². The van der Waals surface area contributed by atoms with E-state index in [-0.39, 0.29) is 58.1 Å². The Morgan fingerprint density at radius 1 is 1.14 bits per heavy atom. The van der Waals surface area contributed by atoms with Crippen molar-refractivity contribution in [3.63, 3.8) is 0 Å². The van der Waals surface area contributed by atoms with E-state index in [0.717, 1.165) is 18.6 Å². The van der Waals surface area contributed by atoms with Crippen molar-refractivity contribution in [2.75, 3.05) is 6.61 Å². The maximum atomic E-state index is 15.6. The van der Waals surface area contributed by atoms with Crippen LogP contribution in [0.2, 0.25) is 5.02 Å². The van der Waals surface area contributed by atoms with Crippen LogP contribution >= 0.6 is 11.6 Å². The first kappa shape index (κ1) is 33.5. The fourth-order valence-corrected chi connectivity index (χ4v) is 5.44. The lowest BCUT2D eigenvalue weighted by Crippen LogP contribution is -2.42. The summed E-state index contributed by atoms with van der Waals surface area (Å²) in [6.07, 6.45) is 2.06. The van der Waals surface area contributed by atoms with Gasteiger partial charge >= 0.3 is 5.97 Å². The predicted molar refractivity (Wildman–Crippen MR) is 174 cm³/mol. The van der Waals surface area contributed by atoms with Crippen molar-refractivity contribution in [1.82, 2.24) is 24.8 Å². The molecule has 49 heavy (non-hydrogen) atoms. The molecule has 6 rings (SSSR count). The molecule has 0 saturated carbocycles. The average molecular weight is 687 g/mol. The molecule has 2 aromatic carbocycles. The normalized spacial score (nSPS) is 14.2. The number of pyridine rings is 2. The molecule has 1 unspecified atom stereocenters. The fraction of sp³-hybridized carbons (Fsp3) is 0.257. The number of hydrogen-bond donors (Lipinski definition) is 2. The minimum Gasteiger partial charge on any atom is -0.478 e. The summed E-state index contributed by atoms with van der Waals surface area (Å²) < 4.78 is 44.3. The Hall–Kier alpha value is -5.45. The van der Waals surface area contributed by atoms with E-state index in [9.17, 15) is 14.7 Å². The first-order valence-corrected chi connectivity index (χ1v) is 15.6. The number of carbonyl (C=O) groups excluding carboxylic acids is 1. The van der Waals surface area contributed by atoms with Crippen molar-refractivity contribution in [2.24, 2.45) is 0 Å². The summed E-state index contributed by atoms with van der Waals surface area (Å²) in [6.45, 7) is 4.04. The van der Waals surface area contributed by atoms with Crippen molar-refractivity contribution in [3.05, 3.63) is 106 Å². The highest BCUT2D eigenvalue weighted by atomic mass is 35.5. The molecular formula is C35H29ClF2N6O5. The minimum atomic E-state index is -1.09. The molecule has 11 nitrogen and oxygen atoms in total. The Morgan fingerprint density at radius 2 is 1.94 bits per heavy atom. The van der Waals surface area contributed by atoms with Crippen LogP contribution in [0.3, 0.4) is 0 Å². The van der Waals surface area contributed by atoms with E-state index in [4.69, 9.17) is 26.3 Å². The van der Waals surface area contributed by atoms with E-state index in [1.165, 1.54) is 30.5 Å². The van der Waals surface area contributed by atoms with E-state index in [0.29, 0.717) is 35.6 Å². The summed E-state index contributed by atoms with van der Waals surface area (Å²) in [6, 6.07) is 14.7. The lowest BCUT2D eigenvalue weighted by atomic mass is 10.0. The molecule has 1 fully saturated rings. The number of nitrogens with zero attached hydrogens (tertiary/aromatic N) is 5. The molecule has 1 saturated heterocycles. The Kier molecular flexibility index (Phi) is 9.27. The number of carbonyl (C=O) groups is 2. The monoisotopic (exact) mass is 686 g/mol. The van der Waals surface area contributed by atoms with Crippen LogP contribution in [0.5, 0.6) is 5.88 Å². The van der Waals surface area contributed by atoms with E-state index in [2.05, 4.69) is 20.3 Å². The minimum absolute atomic E-state index is 0.0232. The zero-order chi connectivity index (χ0) is 34.9. The Bertz CT molecular complexity index is 2140. The second-order valence-corrected chi connectivity index (χ2v) is 12.4. The van der Waals surface area contributed by atoms with Crippen LogP contribution in [0.15, 0.2) is 60.8 Å². The average Bonchev–Trinajstić information content (AvgIpc) is 3.39. The molecule has 2 N–H and O–H groups in total. The highest BCUT2D eigenvalue weighted by molar-refractivity contribution is 6.31. The second kappa shape index (κ2) is 13.6. The number of fused-ring (bicyclic) bond motifs is 1. The largest absolute Gasteiger partial charge is 0.478 e. The van der Waals surface area contributed by atoms with E-state index in [1.807, 2.05) is 6.07 Å². The zero-order valence-electron chi connectivity index (χ0n) is 26.3. The quantitative estimate of drug-likeness (QED) is 0.168. The van der Waals surface area contributed by atoms with E-state index in [1.54, 1.807) is 36.6 Å². The van der Waals surface area contributed by atoms with Crippen molar-refractivity contribution >= 4 is 34.5 Å². The third-order valence-corrected chi connectivity index (χ3v) is 8.33. The van der Waals surface area contributed by atoms with Crippen LogP contribution in [0.25, 0.3) is 22.3 Å². The van der Waals surface area contributed by atoms with Gasteiger partial charge in [0.25, 0.3) is 5.91 Å². The van der Waals surface area contributed by atoms with Gasteiger partial charge in [-0.2, -0.15) is 5.26 Å². The van der Waals surface area contributed by atoms with Crippen LogP contribution in [0.1, 0.15) is 58.1 Å². The Balaban J connectivity index is 1.20. The third kappa shape index (κ3) is 7.35. The summed E-state index contributed by atoms with van der Waals surface area (Å²) >= 11 is 6.36. The number of ether oxygens (including phenoxy) is 2. The van der Waals surface area contributed by atoms with Crippen LogP contribution in [0.4, 0.5) is 8.78 Å². The molecule has 1 atom stereocenters. The van der Waals surface area contributed by atoms with Gasteiger partial charge in [-0.1, -0.05) is 17.7 Å². The van der Waals surface area contributed by atoms with E-state index >= 15 is 8.78 Å². The van der Waals surface area contributed by atoms with Gasteiger partial charge in [-0.25, -0.2) is 23.5 Å². The molecule has 0 radical (unpaired) electrons. The van der Waals surface area contributed by atoms with Gasteiger partial charge in [-0.05, 0) is 68.3 Å². The molecule has 250 valence electrons. The summed E-state index contributed by atoms with van der Waals surface area (Å²) in [5, 5.41) is 21.4. The number of rotatable bonds is 11. The van der Waals surface area contributed by atoms with Crippen LogP contribution in [-0.2, 0) is 24.3 Å². The summed E-state index contributed by atoms with van der Waals surface area (Å²) in [5.74, 6) is -2.47. The van der Waals surface area contributed by atoms with E-state index < -0.39 is 29.0 Å². The van der Waals surface area contributed by atoms with Gasteiger partial charge in [0, 0.05) is 36.4 Å². The second-order valence-electron chi connectivity index (χ2n) is 12.0. The van der Waals surface area contributed by atoms with Crippen LogP contribution < -0.4 is 10.1 Å². The highest BCUT2D eigenvalue weighted by Crippen LogP contribution is 2.29. The first-order chi connectivity index (χ1) is 23.4. The zero-order valence-corrected chi connectivity index (χ0v) is 27.1. The number of aromatic nitrogens is 4. The first-order valence-electron chi connectivity index (χ1n) is 15.2. The number of nitriles is 1. The predicted octanol–water partition coefficient (Wildman–Crippen LogP) is 6.11. The van der Waals surface area contributed by atoms with Gasteiger partial charge in [0.2, 0.25) is 5.88 Å². The number of aromatic carboxylic acids is 1. The number of imidazole rings is 1. The van der Waals surface area contributed by atoms with Gasteiger partial charge in [0.15, 0.2) is 0 Å². The number of carboxylic acids is 1. The molecule has 5 aromatic rings. The Morgan fingerprint density at radius 3 is 2.63 bits per heavy atom. The van der Waals surface area contributed by atoms with Crippen LogP contribution in [0, 0.1) is 23.0 Å². The molecular weight excluding hydrogens is 658 g/mol. The standard InChI is InChI=1S/C35H29ClF2N6O5/c1-35(2,18-39)43-33(45)29-14-24(36)21(15-40-29)17-49-32-5-3-4-27(42-32)23-13-25(37)20(10-26(23)38)12-31-41-28-7-6-19(34(46)47)11-30(28)44(31)16-22-8-9-48-22/h3-7,10-11,13-15,22H,8-9,12,16-17H2,1-2H3,(H,43,45)(H,46,47). The molecule has 0 aliphatic carbocycles. The third-order valence-electron chi connectivity index (χ3n) is 7.98. The topological polar surface area (TPSA) is 152 Å². The summed E-state index contributed by atoms with van der Waals surface area (Å²) in [4.78, 5) is 37.1. The number of amides is 1. The number of benzene rings is 2. The maximum absolute atomic E-state index is 15.6. The van der Waals surface area contributed by atoms with Crippen molar-refractivity contribution in [3.8, 4) is 23.2 Å². The van der Waals surface area contributed by atoms with Gasteiger partial charge < -0.3 is 24.5 Å². The molecule has 0 spiro atoms. The lowest BCUT2D eigenvalue weighted by molar-refractivity contribution is -0.0589. The van der Waals surface area contributed by atoms with Crippen molar-refractivity contribution in [2.45, 2.75) is 51.5 Å². The fourth-order valence-electron chi connectivity index (χ4n) is 5.23. The van der Waals surface area contributed by atoms with Gasteiger partial charge in [0.05, 0.1) is 46.0 Å². The molecule has 0 bridgehead atoms. The number of hydrogen-bond acceptors (Lipinski definition) is 8. The smallest absolute Gasteiger partial charge is 0.335 e. The SMILES string of the molecule is CC(C)(C#N)NC(=O)c1cc(Cl)c(COc2cccc(-c3cc(F)c(Cc4nc5ccc(C(=O)O)cc5n4CC4CCO4)cc3F)n2)cn1. The van der Waals surface area contributed by atoms with Crippen molar-refractivity contribution < 1.29 is 33.0 Å². The summed E-state index contributed by atoms with van der Waals surface area (Å²) in [7, 11) is 0. The van der Waals surface area contributed by atoms with Gasteiger partial charge in [0.1, 0.15) is 35.3 Å². The molecule has 3 aromatic heterocycles. The van der Waals surface area contributed by atoms with Crippen LogP contribution in [-0.4, -0.2) is 54.8 Å². The van der Waals surface area contributed by atoms with Gasteiger partial charge in [-0.3, -0.25) is 9.78 Å². The highest BCUT2D eigenvalue weighted by Gasteiger charge is 2.24. The number of halogens is 3. The summed E-state index contributed by atoms with van der Waals surface area (Å²) in [5.41, 5.74) is 0.694. The molecule has 14 heteroatoms. The molecule has 4 heterocycles. The number of carboxylic acid groups (broad SMARTS) is 1. The lowest BCUT2D eigenvalue weighted by Gasteiger charge is -2.27. The van der Waals surface area contributed by atoms with Crippen molar-refractivity contribution in [1.29, 1.82) is 5.26 Å². The molecule has 1 aliphatic heterocycles.